The second-order valence-corrected chi connectivity index (χ2v) is 9.42. The van der Waals surface area contributed by atoms with E-state index in [1.54, 1.807) is 11.8 Å². The molecule has 1 aromatic carbocycles. The zero-order chi connectivity index (χ0) is 20.2. The highest BCUT2D eigenvalue weighted by Gasteiger charge is 2.31. The topological polar surface area (TPSA) is 121 Å². The minimum Gasteiger partial charge on any atom is -0.469 e. The first-order valence-electron chi connectivity index (χ1n) is 9.70. The summed E-state index contributed by atoms with van der Waals surface area (Å²) in [5, 5.41) is 13.0. The summed E-state index contributed by atoms with van der Waals surface area (Å²) in [5.41, 5.74) is 5.74. The standard InChI is InChI=1S/C19H23N5O4S/c1-27-10-13-9-24-18(28-13)16(8-21-24)29(20,26)23-19(25)22-17-14-4-2-3-11(14)7-12-5-6-15(12)17/h7-8,13H,2-6,9-10H2,1H3,(H3,20,22,23,25,26)/t13-,29?/m1/s1. The summed E-state index contributed by atoms with van der Waals surface area (Å²) in [5.74, 6) is 0.279. The molecule has 2 aromatic rings. The number of anilines is 1. The number of fused-ring (bicyclic) bond motifs is 3. The van der Waals surface area contributed by atoms with Gasteiger partial charge in [-0.15, -0.1) is 4.36 Å². The first kappa shape index (κ1) is 18.6. The van der Waals surface area contributed by atoms with E-state index in [-0.39, 0.29) is 16.9 Å². The number of rotatable bonds is 4. The molecule has 10 heteroatoms. The number of amides is 2. The van der Waals surface area contributed by atoms with Crippen LogP contribution in [-0.2, 0) is 46.9 Å². The van der Waals surface area contributed by atoms with Crippen LogP contribution in [0, 0.1) is 0 Å². The summed E-state index contributed by atoms with van der Waals surface area (Å²) < 4.78 is 29.2. The molecule has 3 aliphatic rings. The second-order valence-electron chi connectivity index (χ2n) is 7.66. The van der Waals surface area contributed by atoms with Crippen LogP contribution in [0.4, 0.5) is 10.5 Å². The molecule has 0 fully saturated rings. The van der Waals surface area contributed by atoms with Crippen molar-refractivity contribution in [3.8, 4) is 5.88 Å². The number of nitrogens with one attached hydrogen (secondary N) is 1. The number of aryl methyl sites for hydroxylation is 2. The normalized spacial score (nSPS) is 20.7. The third-order valence-electron chi connectivity index (χ3n) is 5.78. The summed E-state index contributed by atoms with van der Waals surface area (Å²) >= 11 is 0. The summed E-state index contributed by atoms with van der Waals surface area (Å²) in [4.78, 5) is 12.8. The minimum atomic E-state index is -3.51. The van der Waals surface area contributed by atoms with E-state index in [2.05, 4.69) is 20.8 Å². The molecule has 2 heterocycles. The van der Waals surface area contributed by atoms with Crippen molar-refractivity contribution in [3.05, 3.63) is 34.5 Å². The summed E-state index contributed by atoms with van der Waals surface area (Å²) in [6.45, 7) is 0.837. The van der Waals surface area contributed by atoms with E-state index < -0.39 is 15.9 Å². The smallest absolute Gasteiger partial charge is 0.354 e. The van der Waals surface area contributed by atoms with E-state index >= 15 is 0 Å². The molecule has 0 radical (unpaired) electrons. The highest BCUT2D eigenvalue weighted by molar-refractivity contribution is 7.91. The van der Waals surface area contributed by atoms with Gasteiger partial charge in [0.25, 0.3) is 0 Å². The predicted molar refractivity (Wildman–Crippen MR) is 106 cm³/mol. The third kappa shape index (κ3) is 3.11. The van der Waals surface area contributed by atoms with Crippen molar-refractivity contribution in [2.45, 2.75) is 49.6 Å². The first-order valence-corrected chi connectivity index (χ1v) is 11.3. The molecule has 1 aromatic heterocycles. The van der Waals surface area contributed by atoms with Crippen LogP contribution in [0.3, 0.4) is 0 Å². The molecular weight excluding hydrogens is 394 g/mol. The second kappa shape index (κ2) is 6.82. The molecule has 29 heavy (non-hydrogen) atoms. The lowest BCUT2D eigenvalue weighted by molar-refractivity contribution is 0.0920. The van der Waals surface area contributed by atoms with E-state index in [4.69, 9.17) is 14.6 Å². The zero-order valence-electron chi connectivity index (χ0n) is 16.1. The number of hydrogen-bond acceptors (Lipinski definition) is 5. The lowest BCUT2D eigenvalue weighted by Crippen LogP contribution is -2.22. The number of nitrogens with zero attached hydrogens (tertiary/aromatic N) is 3. The molecule has 2 aliphatic carbocycles. The van der Waals surface area contributed by atoms with Crippen LogP contribution in [0.25, 0.3) is 0 Å². The number of benzene rings is 1. The number of aromatic nitrogens is 2. The number of ether oxygens (including phenoxy) is 2. The number of hydrogen-bond donors (Lipinski definition) is 2. The minimum absolute atomic E-state index is 0.123. The van der Waals surface area contributed by atoms with Crippen molar-refractivity contribution < 1.29 is 18.5 Å². The largest absolute Gasteiger partial charge is 0.469 e. The van der Waals surface area contributed by atoms with Gasteiger partial charge in [0.1, 0.15) is 11.0 Å². The van der Waals surface area contributed by atoms with E-state index in [9.17, 15) is 9.00 Å². The van der Waals surface area contributed by atoms with Gasteiger partial charge in [-0.3, -0.25) is 0 Å². The van der Waals surface area contributed by atoms with Crippen LogP contribution in [0.5, 0.6) is 5.88 Å². The quantitative estimate of drug-likeness (QED) is 0.786. The van der Waals surface area contributed by atoms with Gasteiger partial charge in [-0.25, -0.2) is 18.8 Å². The number of carbonyl (C=O) groups is 1. The van der Waals surface area contributed by atoms with Gasteiger partial charge in [-0.05, 0) is 54.4 Å². The maximum absolute atomic E-state index is 13.1. The van der Waals surface area contributed by atoms with Gasteiger partial charge in [0.05, 0.1) is 19.3 Å². The number of carbonyl (C=O) groups excluding carboxylic acids is 1. The van der Waals surface area contributed by atoms with Crippen molar-refractivity contribution in [1.29, 1.82) is 0 Å². The number of urea groups is 1. The Hall–Kier alpha value is -2.43. The number of nitrogens with two attached hydrogens (primary N) is 1. The molecule has 0 saturated carbocycles. The van der Waals surface area contributed by atoms with Crippen molar-refractivity contribution in [2.24, 2.45) is 9.50 Å². The Morgan fingerprint density at radius 1 is 1.38 bits per heavy atom. The molecule has 5 rings (SSSR count). The van der Waals surface area contributed by atoms with Gasteiger partial charge in [0.2, 0.25) is 5.88 Å². The third-order valence-corrected chi connectivity index (χ3v) is 7.12. The Kier molecular flexibility index (Phi) is 4.37. The fourth-order valence-electron chi connectivity index (χ4n) is 4.36. The lowest BCUT2D eigenvalue weighted by atomic mass is 9.83. The van der Waals surface area contributed by atoms with Gasteiger partial charge in [0.15, 0.2) is 9.92 Å². The summed E-state index contributed by atoms with van der Waals surface area (Å²) in [6, 6.07) is 1.54. The Morgan fingerprint density at radius 2 is 2.17 bits per heavy atom. The van der Waals surface area contributed by atoms with E-state index in [0.29, 0.717) is 13.2 Å². The Balaban J connectivity index is 1.42. The fraction of sp³-hybridized carbons (Fsp3) is 0.474. The van der Waals surface area contributed by atoms with Crippen LogP contribution < -0.4 is 15.2 Å². The van der Waals surface area contributed by atoms with E-state index in [1.807, 2.05) is 0 Å². The molecule has 0 saturated heterocycles. The van der Waals surface area contributed by atoms with Crippen molar-refractivity contribution in [1.82, 2.24) is 9.78 Å². The lowest BCUT2D eigenvalue weighted by Gasteiger charge is -2.25. The molecular formula is C19H23N5O4S. The molecule has 0 bridgehead atoms. The molecule has 1 unspecified atom stereocenters. The molecule has 3 N–H and O–H groups in total. The molecule has 154 valence electrons. The van der Waals surface area contributed by atoms with Crippen LogP contribution in [0.1, 0.15) is 28.7 Å². The van der Waals surface area contributed by atoms with Gasteiger partial charge in [-0.1, -0.05) is 6.07 Å². The fourth-order valence-corrected chi connectivity index (χ4v) is 5.36. The maximum Gasteiger partial charge on any atom is 0.354 e. The van der Waals surface area contributed by atoms with Crippen molar-refractivity contribution >= 4 is 21.6 Å². The maximum atomic E-state index is 13.1. The highest BCUT2D eigenvalue weighted by Crippen LogP contribution is 2.39. The summed E-state index contributed by atoms with van der Waals surface area (Å²) in [7, 11) is -1.93. The van der Waals surface area contributed by atoms with Crippen LogP contribution in [0.2, 0.25) is 0 Å². The Bertz CT molecular complexity index is 1130. The summed E-state index contributed by atoms with van der Waals surface area (Å²) in [6.07, 6.45) is 6.11. The average molecular weight is 417 g/mol. The zero-order valence-corrected chi connectivity index (χ0v) is 17.0. The van der Waals surface area contributed by atoms with E-state index in [1.165, 1.54) is 22.9 Å². The Labute approximate surface area is 168 Å². The van der Waals surface area contributed by atoms with Crippen molar-refractivity contribution in [2.75, 3.05) is 19.0 Å². The molecule has 0 spiro atoms. The molecule has 9 nitrogen and oxygen atoms in total. The van der Waals surface area contributed by atoms with Gasteiger partial charge < -0.3 is 14.8 Å². The van der Waals surface area contributed by atoms with Crippen LogP contribution >= 0.6 is 0 Å². The van der Waals surface area contributed by atoms with Gasteiger partial charge in [-0.2, -0.15) is 5.10 Å². The molecule has 2 atom stereocenters. The van der Waals surface area contributed by atoms with Gasteiger partial charge in [0, 0.05) is 12.8 Å². The van der Waals surface area contributed by atoms with Crippen LogP contribution in [-0.4, -0.2) is 39.8 Å². The highest BCUT2D eigenvalue weighted by atomic mass is 32.2. The number of methoxy groups -OCH3 is 1. The SMILES string of the molecule is COC[C@H]1Cn2ncc(S(N)(=O)=NC(=O)Nc3c4c(cc5c3CC5)CCC4)c2O1. The van der Waals surface area contributed by atoms with Crippen LogP contribution in [0.15, 0.2) is 21.5 Å². The molecule has 1 aliphatic heterocycles. The Morgan fingerprint density at radius 3 is 2.93 bits per heavy atom. The molecule has 2 amide bonds. The predicted octanol–water partition coefficient (Wildman–Crippen LogP) is 1.81. The first-order chi connectivity index (χ1) is 14.0. The average Bonchev–Trinajstić information content (AvgIpc) is 3.32. The monoisotopic (exact) mass is 417 g/mol. The van der Waals surface area contributed by atoms with E-state index in [0.717, 1.165) is 43.4 Å². The van der Waals surface area contributed by atoms with Gasteiger partial charge >= 0.3 is 6.03 Å². The van der Waals surface area contributed by atoms with Crippen molar-refractivity contribution in [3.63, 3.8) is 0 Å².